The van der Waals surface area contributed by atoms with Crippen molar-refractivity contribution in [3.05, 3.63) is 29.8 Å². The zero-order valence-corrected chi connectivity index (χ0v) is 10.7. The van der Waals surface area contributed by atoms with Gasteiger partial charge in [0.25, 0.3) is 0 Å². The van der Waals surface area contributed by atoms with Crippen molar-refractivity contribution >= 4 is 15.9 Å². The van der Waals surface area contributed by atoms with Crippen LogP contribution in [-0.2, 0) is 10.0 Å². The molecule has 1 fully saturated rings. The Morgan fingerprint density at radius 3 is 2.05 bits per heavy atom. The number of carbonyl (C=O) groups excluding carboxylic acids is 1. The third-order valence-electron chi connectivity index (χ3n) is 3.00. The quantitative estimate of drug-likeness (QED) is 0.625. The molecule has 104 valence electrons. The van der Waals surface area contributed by atoms with Gasteiger partial charge in [0.05, 0.1) is 17.1 Å². The molecule has 19 heavy (non-hydrogen) atoms. The summed E-state index contributed by atoms with van der Waals surface area (Å²) in [5, 5.41) is 18.8. The second-order valence-electron chi connectivity index (χ2n) is 4.35. The van der Waals surface area contributed by atoms with Gasteiger partial charge in [-0.25, -0.2) is 8.42 Å². The summed E-state index contributed by atoms with van der Waals surface area (Å²) < 4.78 is 25.4. The molecule has 0 radical (unpaired) electrons. The first kappa shape index (κ1) is 13.9. The van der Waals surface area contributed by atoms with Crippen LogP contribution in [0.2, 0.25) is 0 Å². The highest BCUT2D eigenvalue weighted by molar-refractivity contribution is 7.89. The van der Waals surface area contributed by atoms with Gasteiger partial charge in [-0.1, -0.05) is 0 Å². The van der Waals surface area contributed by atoms with Crippen LogP contribution >= 0.6 is 0 Å². The van der Waals surface area contributed by atoms with E-state index in [1.807, 2.05) is 0 Å². The van der Waals surface area contributed by atoms with Gasteiger partial charge in [0, 0.05) is 18.7 Å². The van der Waals surface area contributed by atoms with Crippen molar-refractivity contribution in [2.24, 2.45) is 5.73 Å². The summed E-state index contributed by atoms with van der Waals surface area (Å²) in [4.78, 5) is 10.9. The minimum atomic E-state index is -3.79. The number of carbonyl (C=O) groups is 1. The largest absolute Gasteiger partial charge is 0.389 e. The zero-order valence-electron chi connectivity index (χ0n) is 9.93. The lowest BCUT2D eigenvalue weighted by Gasteiger charge is -2.15. The van der Waals surface area contributed by atoms with Gasteiger partial charge < -0.3 is 15.9 Å². The number of aliphatic hydroxyl groups is 2. The smallest absolute Gasteiger partial charge is 0.248 e. The maximum Gasteiger partial charge on any atom is 0.248 e. The molecule has 1 aromatic carbocycles. The van der Waals surface area contributed by atoms with Crippen molar-refractivity contribution in [2.45, 2.75) is 17.1 Å². The normalized spacial score (nSPS) is 24.5. The van der Waals surface area contributed by atoms with Crippen molar-refractivity contribution in [1.29, 1.82) is 0 Å². The Balaban J connectivity index is 2.27. The molecule has 2 rings (SSSR count). The Bertz CT molecular complexity index is 574. The second-order valence-corrected chi connectivity index (χ2v) is 6.28. The number of β-amino-alcohol motifs (C(OH)–C–C–N with tert-alkyl or cyclic N) is 2. The third-order valence-corrected chi connectivity index (χ3v) is 4.85. The molecular weight excluding hydrogens is 272 g/mol. The van der Waals surface area contributed by atoms with E-state index in [2.05, 4.69) is 0 Å². The van der Waals surface area contributed by atoms with Crippen molar-refractivity contribution in [2.75, 3.05) is 13.1 Å². The number of nitrogens with two attached hydrogens (primary N) is 1. The molecule has 1 heterocycles. The molecule has 1 saturated heterocycles. The van der Waals surface area contributed by atoms with Crippen LogP contribution in [0.25, 0.3) is 0 Å². The minimum Gasteiger partial charge on any atom is -0.389 e. The predicted molar refractivity (Wildman–Crippen MR) is 65.7 cm³/mol. The lowest BCUT2D eigenvalue weighted by molar-refractivity contribution is 0.0572. The summed E-state index contributed by atoms with van der Waals surface area (Å²) in [6.45, 7) is -0.303. The fourth-order valence-corrected chi connectivity index (χ4v) is 3.35. The van der Waals surface area contributed by atoms with Crippen LogP contribution in [-0.4, -0.2) is 54.1 Å². The summed E-state index contributed by atoms with van der Waals surface area (Å²) in [5.41, 5.74) is 5.28. The SMILES string of the molecule is NC(=O)c1ccc(S(=O)(=O)N2CC(O)C(O)C2)cc1. The molecule has 1 aliphatic heterocycles. The molecule has 7 nitrogen and oxygen atoms in total. The van der Waals surface area contributed by atoms with Gasteiger partial charge >= 0.3 is 0 Å². The van der Waals surface area contributed by atoms with Gasteiger partial charge in [-0.15, -0.1) is 0 Å². The molecule has 0 spiro atoms. The second kappa shape index (κ2) is 4.89. The Hall–Kier alpha value is -1.48. The van der Waals surface area contributed by atoms with E-state index in [9.17, 15) is 23.4 Å². The Labute approximate surface area is 110 Å². The van der Waals surface area contributed by atoms with Crippen LogP contribution in [0.4, 0.5) is 0 Å². The number of aliphatic hydroxyl groups excluding tert-OH is 2. The molecule has 4 N–H and O–H groups in total. The van der Waals surface area contributed by atoms with Crippen LogP contribution in [0, 0.1) is 0 Å². The first-order valence-corrected chi connectivity index (χ1v) is 7.02. The molecule has 0 saturated carbocycles. The number of amides is 1. The molecule has 1 aliphatic rings. The number of primary amides is 1. The highest BCUT2D eigenvalue weighted by atomic mass is 32.2. The topological polar surface area (TPSA) is 121 Å². The first-order valence-electron chi connectivity index (χ1n) is 5.58. The van der Waals surface area contributed by atoms with Gasteiger partial charge in [0.15, 0.2) is 0 Å². The lowest BCUT2D eigenvalue weighted by Crippen LogP contribution is -2.30. The Morgan fingerprint density at radius 1 is 1.16 bits per heavy atom. The van der Waals surface area contributed by atoms with Crippen LogP contribution < -0.4 is 5.73 Å². The fraction of sp³-hybridized carbons (Fsp3) is 0.364. The Kier molecular flexibility index (Phi) is 3.59. The minimum absolute atomic E-state index is 0.0150. The molecule has 0 aromatic heterocycles. The average Bonchev–Trinajstić information content (AvgIpc) is 2.70. The summed E-state index contributed by atoms with van der Waals surface area (Å²) >= 11 is 0. The maximum atomic E-state index is 12.2. The average molecular weight is 286 g/mol. The van der Waals surface area contributed by atoms with Crippen molar-refractivity contribution in [1.82, 2.24) is 4.31 Å². The van der Waals surface area contributed by atoms with E-state index in [1.165, 1.54) is 24.3 Å². The first-order chi connectivity index (χ1) is 8.82. The van der Waals surface area contributed by atoms with Gasteiger partial charge in [-0.2, -0.15) is 4.31 Å². The maximum absolute atomic E-state index is 12.2. The zero-order chi connectivity index (χ0) is 14.2. The summed E-state index contributed by atoms with van der Waals surface area (Å²) in [7, 11) is -3.79. The summed E-state index contributed by atoms with van der Waals surface area (Å²) in [6.07, 6.45) is -2.17. The lowest BCUT2D eigenvalue weighted by atomic mass is 10.2. The predicted octanol–water partition coefficient (Wildman–Crippen LogP) is -1.49. The van der Waals surface area contributed by atoms with Crippen molar-refractivity contribution in [3.63, 3.8) is 0 Å². The van der Waals surface area contributed by atoms with E-state index in [1.54, 1.807) is 0 Å². The monoisotopic (exact) mass is 286 g/mol. The van der Waals surface area contributed by atoms with Gasteiger partial charge in [0.2, 0.25) is 15.9 Å². The van der Waals surface area contributed by atoms with Crippen LogP contribution in [0.3, 0.4) is 0 Å². The van der Waals surface area contributed by atoms with Gasteiger partial charge in [-0.3, -0.25) is 4.79 Å². The number of rotatable bonds is 3. The van der Waals surface area contributed by atoms with Crippen molar-refractivity contribution in [3.8, 4) is 0 Å². The van der Waals surface area contributed by atoms with Crippen molar-refractivity contribution < 1.29 is 23.4 Å². The molecule has 2 atom stereocenters. The standard InChI is InChI=1S/C11H14N2O5S/c12-11(16)7-1-3-8(4-2-7)19(17,18)13-5-9(14)10(15)6-13/h1-4,9-10,14-15H,5-6H2,(H2,12,16). The fourth-order valence-electron chi connectivity index (χ4n) is 1.87. The number of benzene rings is 1. The van der Waals surface area contributed by atoms with Gasteiger partial charge in [-0.05, 0) is 24.3 Å². The highest BCUT2D eigenvalue weighted by Gasteiger charge is 2.37. The molecule has 2 unspecified atom stereocenters. The Morgan fingerprint density at radius 2 is 1.63 bits per heavy atom. The van der Waals surface area contributed by atoms with E-state index in [0.717, 1.165) is 4.31 Å². The van der Waals surface area contributed by atoms with E-state index < -0.39 is 28.1 Å². The number of sulfonamides is 1. The highest BCUT2D eigenvalue weighted by Crippen LogP contribution is 2.21. The molecule has 8 heteroatoms. The molecule has 0 aliphatic carbocycles. The molecule has 0 bridgehead atoms. The van der Waals surface area contributed by atoms with Crippen LogP contribution in [0.1, 0.15) is 10.4 Å². The van der Waals surface area contributed by atoms with Gasteiger partial charge in [0.1, 0.15) is 0 Å². The number of nitrogens with zero attached hydrogens (tertiary/aromatic N) is 1. The van der Waals surface area contributed by atoms with E-state index in [-0.39, 0.29) is 23.5 Å². The van der Waals surface area contributed by atoms with Crippen LogP contribution in [0.15, 0.2) is 29.2 Å². The summed E-state index contributed by atoms with van der Waals surface area (Å²) in [5.74, 6) is -0.643. The van der Waals surface area contributed by atoms with Crippen LogP contribution in [0.5, 0.6) is 0 Å². The molecule has 1 amide bonds. The third kappa shape index (κ3) is 2.61. The number of hydrogen-bond acceptors (Lipinski definition) is 5. The summed E-state index contributed by atoms with van der Waals surface area (Å²) in [6, 6.07) is 5.18. The molecule has 1 aromatic rings. The number of hydrogen-bond donors (Lipinski definition) is 3. The van der Waals surface area contributed by atoms with E-state index in [4.69, 9.17) is 5.73 Å². The van der Waals surface area contributed by atoms with E-state index in [0.29, 0.717) is 0 Å². The molecular formula is C11H14N2O5S. The van der Waals surface area contributed by atoms with E-state index >= 15 is 0 Å².